The van der Waals surface area contributed by atoms with Crippen LogP contribution in [-0.4, -0.2) is 24.2 Å². The molecule has 1 heterocycles. The third kappa shape index (κ3) is 5.46. The first-order chi connectivity index (χ1) is 13.9. The maximum atomic E-state index is 12.3. The minimum Gasteiger partial charge on any atom is -0.484 e. The van der Waals surface area contributed by atoms with E-state index in [1.807, 2.05) is 0 Å². The normalized spacial score (nSPS) is 10.3. The third-order valence-electron chi connectivity index (χ3n) is 3.88. The van der Waals surface area contributed by atoms with Crippen LogP contribution in [0.4, 0.5) is 11.4 Å². The molecular formula is C21H17ClN2O5. The highest BCUT2D eigenvalue weighted by Crippen LogP contribution is 2.26. The van der Waals surface area contributed by atoms with Crippen molar-refractivity contribution in [2.45, 2.75) is 6.92 Å². The Kier molecular flexibility index (Phi) is 6.31. The van der Waals surface area contributed by atoms with E-state index >= 15 is 0 Å². The fraction of sp³-hybridized carbons (Fsp3) is 0.0952. The van der Waals surface area contributed by atoms with Crippen molar-refractivity contribution in [1.29, 1.82) is 0 Å². The molecule has 0 aliphatic carbocycles. The lowest BCUT2D eigenvalue weighted by Gasteiger charge is -2.13. The van der Waals surface area contributed by atoms with Gasteiger partial charge in [0.05, 0.1) is 17.6 Å². The van der Waals surface area contributed by atoms with Crippen molar-refractivity contribution >= 4 is 40.6 Å². The summed E-state index contributed by atoms with van der Waals surface area (Å²) in [6.45, 7) is 1.21. The van der Waals surface area contributed by atoms with Crippen LogP contribution >= 0.6 is 11.6 Å². The number of Topliss-reactive ketones (excluding diaryl/α,β-unsaturated/α-hetero) is 1. The van der Waals surface area contributed by atoms with Crippen LogP contribution in [0, 0.1) is 0 Å². The molecule has 0 aliphatic rings. The van der Waals surface area contributed by atoms with Crippen molar-refractivity contribution in [1.82, 2.24) is 0 Å². The number of ketones is 1. The maximum Gasteiger partial charge on any atom is 0.291 e. The van der Waals surface area contributed by atoms with Crippen molar-refractivity contribution in [2.24, 2.45) is 0 Å². The van der Waals surface area contributed by atoms with Crippen LogP contribution in [0.2, 0.25) is 5.02 Å². The fourth-order valence-corrected chi connectivity index (χ4v) is 2.61. The van der Waals surface area contributed by atoms with Crippen LogP contribution in [0.3, 0.4) is 0 Å². The van der Waals surface area contributed by atoms with Gasteiger partial charge in [-0.2, -0.15) is 0 Å². The summed E-state index contributed by atoms with van der Waals surface area (Å²) in [4.78, 5) is 35.7. The number of ether oxygens (including phenoxy) is 1. The van der Waals surface area contributed by atoms with E-state index in [-0.39, 0.29) is 18.2 Å². The molecule has 2 N–H and O–H groups in total. The monoisotopic (exact) mass is 412 g/mol. The number of benzene rings is 2. The van der Waals surface area contributed by atoms with Gasteiger partial charge in [-0.3, -0.25) is 14.4 Å². The highest BCUT2D eigenvalue weighted by Gasteiger charge is 2.14. The molecule has 0 fully saturated rings. The van der Waals surface area contributed by atoms with Crippen molar-refractivity contribution < 1.29 is 23.5 Å². The first kappa shape index (κ1) is 20.2. The van der Waals surface area contributed by atoms with E-state index < -0.39 is 11.8 Å². The molecule has 0 atom stereocenters. The lowest BCUT2D eigenvalue weighted by molar-refractivity contribution is -0.118. The summed E-state index contributed by atoms with van der Waals surface area (Å²) in [6.07, 6.45) is 1.38. The van der Waals surface area contributed by atoms with Crippen molar-refractivity contribution in [2.75, 3.05) is 17.2 Å². The van der Waals surface area contributed by atoms with Gasteiger partial charge in [-0.15, -0.1) is 0 Å². The zero-order valence-corrected chi connectivity index (χ0v) is 16.2. The number of furan rings is 1. The van der Waals surface area contributed by atoms with Gasteiger partial charge in [0.1, 0.15) is 5.75 Å². The number of hydrogen-bond acceptors (Lipinski definition) is 5. The van der Waals surface area contributed by atoms with Gasteiger partial charge in [0.15, 0.2) is 18.2 Å². The third-order valence-corrected chi connectivity index (χ3v) is 4.11. The topological polar surface area (TPSA) is 97.6 Å². The van der Waals surface area contributed by atoms with Gasteiger partial charge >= 0.3 is 0 Å². The van der Waals surface area contributed by atoms with E-state index in [4.69, 9.17) is 20.8 Å². The Balaban J connectivity index is 1.63. The number of nitrogens with one attached hydrogen (secondary N) is 2. The molecule has 0 saturated heterocycles. The van der Waals surface area contributed by atoms with Gasteiger partial charge in [-0.25, -0.2) is 0 Å². The summed E-state index contributed by atoms with van der Waals surface area (Å²) >= 11 is 6.00. The van der Waals surface area contributed by atoms with Crippen molar-refractivity contribution in [3.05, 3.63) is 77.2 Å². The van der Waals surface area contributed by atoms with E-state index in [0.717, 1.165) is 0 Å². The molecule has 2 aromatic carbocycles. The lowest BCUT2D eigenvalue weighted by Crippen LogP contribution is -2.21. The molecule has 7 nitrogen and oxygen atoms in total. The average molecular weight is 413 g/mol. The molecule has 1 aromatic heterocycles. The fourth-order valence-electron chi connectivity index (χ4n) is 2.44. The smallest absolute Gasteiger partial charge is 0.291 e. The van der Waals surface area contributed by atoms with Crippen LogP contribution in [-0.2, 0) is 4.79 Å². The van der Waals surface area contributed by atoms with Crippen LogP contribution in [0.1, 0.15) is 27.8 Å². The quantitative estimate of drug-likeness (QED) is 0.560. The summed E-state index contributed by atoms with van der Waals surface area (Å²) in [7, 11) is 0. The predicted octanol–water partition coefficient (Wildman–Crippen LogP) is 4.41. The molecule has 29 heavy (non-hydrogen) atoms. The summed E-state index contributed by atoms with van der Waals surface area (Å²) in [6, 6.07) is 14.2. The first-order valence-corrected chi connectivity index (χ1v) is 8.98. The Labute approximate surface area is 171 Å². The molecule has 0 saturated carbocycles. The van der Waals surface area contributed by atoms with Crippen LogP contribution < -0.4 is 15.4 Å². The van der Waals surface area contributed by atoms with E-state index in [1.165, 1.54) is 25.3 Å². The molecule has 148 valence electrons. The van der Waals surface area contributed by atoms with E-state index in [2.05, 4.69) is 10.6 Å². The largest absolute Gasteiger partial charge is 0.484 e. The van der Waals surface area contributed by atoms with Gasteiger partial charge in [0.25, 0.3) is 11.8 Å². The highest BCUT2D eigenvalue weighted by atomic mass is 35.5. The number of carbonyl (C=O) groups excluding carboxylic acids is 3. The summed E-state index contributed by atoms with van der Waals surface area (Å²) in [5.74, 6) is -0.389. The molecule has 2 amide bonds. The Morgan fingerprint density at radius 2 is 1.76 bits per heavy atom. The molecule has 3 rings (SSSR count). The zero-order chi connectivity index (χ0) is 20.8. The second kappa shape index (κ2) is 9.07. The molecule has 0 unspecified atom stereocenters. The maximum absolute atomic E-state index is 12.3. The minimum absolute atomic E-state index is 0.0545. The van der Waals surface area contributed by atoms with Crippen molar-refractivity contribution in [3.8, 4) is 5.75 Å². The van der Waals surface area contributed by atoms with Gasteiger partial charge in [-0.1, -0.05) is 11.6 Å². The number of rotatable bonds is 7. The average Bonchev–Trinajstić information content (AvgIpc) is 3.24. The molecule has 0 spiro atoms. The predicted molar refractivity (Wildman–Crippen MR) is 109 cm³/mol. The first-order valence-electron chi connectivity index (χ1n) is 8.60. The molecule has 3 aromatic rings. The molecular weight excluding hydrogens is 396 g/mol. The molecule has 0 bridgehead atoms. The summed E-state index contributed by atoms with van der Waals surface area (Å²) in [5, 5.41) is 5.70. The number of carbonyl (C=O) groups is 3. The minimum atomic E-state index is -0.477. The second-order valence-electron chi connectivity index (χ2n) is 6.04. The molecule has 0 radical (unpaired) electrons. The SMILES string of the molecule is CC(=O)c1ccc(OCC(=O)Nc2ccc(Cl)cc2NC(=O)c2ccco2)cc1. The zero-order valence-electron chi connectivity index (χ0n) is 15.4. The van der Waals surface area contributed by atoms with Crippen LogP contribution in [0.15, 0.2) is 65.3 Å². The van der Waals surface area contributed by atoms with Crippen molar-refractivity contribution in [3.63, 3.8) is 0 Å². The highest BCUT2D eigenvalue weighted by molar-refractivity contribution is 6.31. The number of hydrogen-bond donors (Lipinski definition) is 2. The Bertz CT molecular complexity index is 1030. The lowest BCUT2D eigenvalue weighted by atomic mass is 10.1. The number of amides is 2. The Hall–Kier alpha value is -3.58. The summed E-state index contributed by atoms with van der Waals surface area (Å²) < 4.78 is 10.5. The van der Waals surface area contributed by atoms with E-state index in [0.29, 0.717) is 27.7 Å². The Morgan fingerprint density at radius 3 is 2.41 bits per heavy atom. The van der Waals surface area contributed by atoms with Crippen LogP contribution in [0.25, 0.3) is 0 Å². The standard InChI is InChI=1S/C21H17ClN2O5/c1-13(25)14-4-7-16(8-5-14)29-12-20(26)23-17-9-6-15(22)11-18(17)24-21(27)19-3-2-10-28-19/h2-11H,12H2,1H3,(H,23,26)(H,24,27). The van der Waals surface area contributed by atoms with E-state index in [9.17, 15) is 14.4 Å². The van der Waals surface area contributed by atoms with Gasteiger partial charge in [0.2, 0.25) is 0 Å². The van der Waals surface area contributed by atoms with Crippen LogP contribution in [0.5, 0.6) is 5.75 Å². The van der Waals surface area contributed by atoms with Gasteiger partial charge < -0.3 is 19.8 Å². The molecule has 8 heteroatoms. The van der Waals surface area contributed by atoms with Gasteiger partial charge in [-0.05, 0) is 61.5 Å². The molecule has 0 aliphatic heterocycles. The van der Waals surface area contributed by atoms with E-state index in [1.54, 1.807) is 42.5 Å². The summed E-state index contributed by atoms with van der Waals surface area (Å²) in [5.41, 5.74) is 1.23. The number of anilines is 2. The number of halogens is 1. The van der Waals surface area contributed by atoms with Gasteiger partial charge in [0, 0.05) is 10.6 Å². The Morgan fingerprint density at radius 1 is 1.00 bits per heavy atom. The second-order valence-corrected chi connectivity index (χ2v) is 6.48.